The van der Waals surface area contributed by atoms with Gasteiger partial charge in [0.25, 0.3) is 0 Å². The minimum absolute atomic E-state index is 1.12. The summed E-state index contributed by atoms with van der Waals surface area (Å²) < 4.78 is 0. The van der Waals surface area contributed by atoms with Crippen molar-refractivity contribution in [1.82, 2.24) is 0 Å². The van der Waals surface area contributed by atoms with Crippen LogP contribution in [0.3, 0.4) is 0 Å². The summed E-state index contributed by atoms with van der Waals surface area (Å²) in [5.41, 5.74) is 2.88. The topological polar surface area (TPSA) is 0 Å². The van der Waals surface area contributed by atoms with E-state index in [0.717, 1.165) is 12.8 Å². The average molecular weight is 161 g/mol. The lowest BCUT2D eigenvalue weighted by atomic mass is 10.0. The van der Waals surface area contributed by atoms with Crippen molar-refractivity contribution < 1.29 is 0 Å². The molecule has 0 fully saturated rings. The molecule has 0 saturated carbocycles. The molecule has 1 rings (SSSR count). The van der Waals surface area contributed by atoms with E-state index < -0.39 is 0 Å². The normalized spacial score (nSPS) is 10.7. The molecule has 0 heteroatoms. The molecule has 1 aromatic rings. The Hall–Kier alpha value is -0.780. The maximum Gasteiger partial charge on any atom is -0.0222 e. The molecular formula is C12H17. The molecule has 0 atom stereocenters. The minimum Gasteiger partial charge on any atom is -0.0617 e. The molecule has 65 valence electrons. The van der Waals surface area contributed by atoms with Gasteiger partial charge in [0.2, 0.25) is 0 Å². The van der Waals surface area contributed by atoms with Gasteiger partial charge in [-0.3, -0.25) is 0 Å². The van der Waals surface area contributed by atoms with Gasteiger partial charge in [-0.05, 0) is 29.9 Å². The first-order valence-electron chi connectivity index (χ1n) is 4.59. The van der Waals surface area contributed by atoms with Gasteiger partial charge < -0.3 is 0 Å². The van der Waals surface area contributed by atoms with Crippen LogP contribution in [0.4, 0.5) is 0 Å². The second-order valence-corrected chi connectivity index (χ2v) is 3.56. The van der Waals surface area contributed by atoms with E-state index in [1.165, 1.54) is 17.0 Å². The van der Waals surface area contributed by atoms with Crippen LogP contribution in [-0.2, 0) is 12.8 Å². The van der Waals surface area contributed by atoms with Crippen molar-refractivity contribution in [3.63, 3.8) is 0 Å². The zero-order valence-corrected chi connectivity index (χ0v) is 8.22. The van der Waals surface area contributed by atoms with E-state index in [2.05, 4.69) is 45.0 Å². The summed E-state index contributed by atoms with van der Waals surface area (Å²) in [7, 11) is 0. The lowest BCUT2D eigenvalue weighted by Crippen LogP contribution is -1.92. The zero-order valence-electron chi connectivity index (χ0n) is 8.22. The lowest BCUT2D eigenvalue weighted by Gasteiger charge is -2.05. The molecule has 0 aliphatic carbocycles. The highest BCUT2D eigenvalue weighted by Crippen LogP contribution is 2.11. The molecule has 0 aromatic heterocycles. The number of aryl methyl sites for hydroxylation is 1. The molecule has 1 radical (unpaired) electrons. The average Bonchev–Trinajstić information content (AvgIpc) is 2.03. The Balaban J connectivity index is 2.72. The second-order valence-electron chi connectivity index (χ2n) is 3.56. The highest BCUT2D eigenvalue weighted by molar-refractivity contribution is 5.25. The van der Waals surface area contributed by atoms with Crippen LogP contribution < -0.4 is 0 Å². The molecule has 1 aromatic carbocycles. The van der Waals surface area contributed by atoms with E-state index in [1.54, 1.807) is 0 Å². The molecule has 0 saturated heterocycles. The fourth-order valence-electron chi connectivity index (χ4n) is 1.37. The van der Waals surface area contributed by atoms with Crippen molar-refractivity contribution in [1.29, 1.82) is 0 Å². The van der Waals surface area contributed by atoms with E-state index in [-0.39, 0.29) is 0 Å². The van der Waals surface area contributed by atoms with Crippen molar-refractivity contribution >= 4 is 0 Å². The van der Waals surface area contributed by atoms with Crippen LogP contribution in [0, 0.1) is 5.92 Å². The summed E-state index contributed by atoms with van der Waals surface area (Å²) in [5, 5.41) is 0. The van der Waals surface area contributed by atoms with E-state index in [0.29, 0.717) is 0 Å². The van der Waals surface area contributed by atoms with Crippen molar-refractivity contribution in [3.05, 3.63) is 41.3 Å². The van der Waals surface area contributed by atoms with Gasteiger partial charge in [-0.15, -0.1) is 0 Å². The monoisotopic (exact) mass is 161 g/mol. The van der Waals surface area contributed by atoms with Gasteiger partial charge in [0.1, 0.15) is 0 Å². The van der Waals surface area contributed by atoms with Crippen LogP contribution in [0.25, 0.3) is 0 Å². The van der Waals surface area contributed by atoms with Crippen molar-refractivity contribution in [3.8, 4) is 0 Å². The molecule has 0 unspecified atom stereocenters. The first-order chi connectivity index (χ1) is 5.72. The van der Waals surface area contributed by atoms with Crippen LogP contribution in [0.15, 0.2) is 24.3 Å². The Morgan fingerprint density at radius 1 is 1.17 bits per heavy atom. The highest BCUT2D eigenvalue weighted by Gasteiger charge is 1.97. The Kier molecular flexibility index (Phi) is 3.33. The summed E-state index contributed by atoms with van der Waals surface area (Å²) >= 11 is 0. The smallest absolute Gasteiger partial charge is 0.0222 e. The molecule has 0 nitrogen and oxygen atoms in total. The fraction of sp³-hybridized carbons (Fsp3) is 0.417. The van der Waals surface area contributed by atoms with E-state index >= 15 is 0 Å². The molecule has 0 bridgehead atoms. The first-order valence-corrected chi connectivity index (χ1v) is 4.59. The van der Waals surface area contributed by atoms with E-state index in [9.17, 15) is 0 Å². The molecule has 12 heavy (non-hydrogen) atoms. The van der Waals surface area contributed by atoms with Crippen LogP contribution in [0.2, 0.25) is 0 Å². The van der Waals surface area contributed by atoms with E-state index in [4.69, 9.17) is 0 Å². The molecular weight excluding hydrogens is 144 g/mol. The molecule has 0 aliphatic rings. The summed E-state index contributed by atoms with van der Waals surface area (Å²) in [4.78, 5) is 0. The highest BCUT2D eigenvalue weighted by atomic mass is 14.0. The third kappa shape index (κ3) is 2.69. The lowest BCUT2D eigenvalue weighted by molar-refractivity contribution is 0.951. The fourth-order valence-corrected chi connectivity index (χ4v) is 1.37. The summed E-state index contributed by atoms with van der Waals surface area (Å²) in [6, 6.07) is 8.84. The number of hydrogen-bond donors (Lipinski definition) is 0. The molecule has 0 amide bonds. The Labute approximate surface area is 75.6 Å². The van der Waals surface area contributed by atoms with Gasteiger partial charge in [0, 0.05) is 0 Å². The van der Waals surface area contributed by atoms with Crippen LogP contribution in [-0.4, -0.2) is 0 Å². The zero-order chi connectivity index (χ0) is 8.97. The van der Waals surface area contributed by atoms with Crippen LogP contribution in [0.1, 0.15) is 31.9 Å². The van der Waals surface area contributed by atoms with Crippen molar-refractivity contribution in [2.45, 2.75) is 33.6 Å². The summed E-state index contributed by atoms with van der Waals surface area (Å²) in [6.45, 7) is 6.55. The minimum atomic E-state index is 1.12. The van der Waals surface area contributed by atoms with E-state index in [1.807, 2.05) is 0 Å². The van der Waals surface area contributed by atoms with Gasteiger partial charge in [-0.2, -0.15) is 0 Å². The van der Waals surface area contributed by atoms with Crippen molar-refractivity contribution in [2.24, 2.45) is 0 Å². The van der Waals surface area contributed by atoms with Crippen LogP contribution in [0.5, 0.6) is 0 Å². The molecule has 0 heterocycles. The molecule has 0 spiro atoms. The third-order valence-corrected chi connectivity index (χ3v) is 1.96. The van der Waals surface area contributed by atoms with Crippen LogP contribution >= 0.6 is 0 Å². The summed E-state index contributed by atoms with van der Waals surface area (Å²) in [5.74, 6) is 1.48. The number of benzene rings is 1. The largest absolute Gasteiger partial charge is 0.0617 e. The van der Waals surface area contributed by atoms with Gasteiger partial charge in [-0.25, -0.2) is 0 Å². The van der Waals surface area contributed by atoms with Gasteiger partial charge >= 0.3 is 0 Å². The first kappa shape index (κ1) is 9.31. The molecule has 0 aliphatic heterocycles. The summed E-state index contributed by atoms with van der Waals surface area (Å²) in [6.07, 6.45) is 2.25. The Bertz CT molecular complexity index is 236. The SMILES string of the molecule is CCc1cccc(C[C](C)C)c1. The predicted octanol–water partition coefficient (Wildman–Crippen LogP) is 3.41. The second kappa shape index (κ2) is 4.30. The van der Waals surface area contributed by atoms with Crippen molar-refractivity contribution in [2.75, 3.05) is 0 Å². The van der Waals surface area contributed by atoms with Gasteiger partial charge in [0.05, 0.1) is 0 Å². The number of rotatable bonds is 3. The van der Waals surface area contributed by atoms with Gasteiger partial charge in [0.15, 0.2) is 0 Å². The Morgan fingerprint density at radius 2 is 1.83 bits per heavy atom. The third-order valence-electron chi connectivity index (χ3n) is 1.96. The quantitative estimate of drug-likeness (QED) is 0.637. The maximum atomic E-state index is 2.30. The number of hydrogen-bond acceptors (Lipinski definition) is 0. The molecule has 0 N–H and O–H groups in total. The van der Waals surface area contributed by atoms with Gasteiger partial charge in [-0.1, -0.05) is 45.0 Å². The maximum absolute atomic E-state index is 2.30. The Morgan fingerprint density at radius 3 is 2.42 bits per heavy atom. The standard InChI is InChI=1S/C12H17/c1-4-11-6-5-7-12(9-11)8-10(2)3/h5-7,9H,4,8H2,1-3H3. The predicted molar refractivity (Wildman–Crippen MR) is 54.1 cm³/mol.